The number of carbonyl (C=O) groups is 1. The van der Waals surface area contributed by atoms with Crippen molar-refractivity contribution in [3.63, 3.8) is 0 Å². The van der Waals surface area contributed by atoms with Crippen LogP contribution in [-0.2, 0) is 0 Å². The Kier molecular flexibility index (Phi) is 5.19. The molecule has 0 aromatic heterocycles. The highest BCUT2D eigenvalue weighted by Crippen LogP contribution is 2.25. The minimum Gasteiger partial charge on any atom is -0.497 e. The fraction of sp³-hybridized carbons (Fsp3) is 0.385. The maximum atomic E-state index is 12.5. The number of oxime groups is 1. The first-order valence-electron chi connectivity index (χ1n) is 5.92. The second-order valence-corrected chi connectivity index (χ2v) is 4.18. The van der Waals surface area contributed by atoms with Gasteiger partial charge in [0.1, 0.15) is 11.5 Å². The van der Waals surface area contributed by atoms with E-state index < -0.39 is 6.04 Å². The largest absolute Gasteiger partial charge is 0.497 e. The number of nitrogens with zero attached hydrogens (tertiary/aromatic N) is 2. The van der Waals surface area contributed by atoms with E-state index >= 15 is 0 Å². The minimum absolute atomic E-state index is 0.0530. The molecule has 20 heavy (non-hydrogen) atoms. The van der Waals surface area contributed by atoms with Crippen LogP contribution in [0.5, 0.6) is 11.5 Å². The number of carbonyl (C=O) groups excluding carboxylic acids is 1. The Bertz CT molecular complexity index is 516. The van der Waals surface area contributed by atoms with Crippen molar-refractivity contribution < 1.29 is 19.5 Å². The second-order valence-electron chi connectivity index (χ2n) is 4.18. The molecule has 0 radical (unpaired) electrons. The van der Waals surface area contributed by atoms with E-state index in [-0.39, 0.29) is 11.7 Å². The predicted molar refractivity (Wildman–Crippen MR) is 74.5 cm³/mol. The van der Waals surface area contributed by atoms with Crippen molar-refractivity contribution in [3.05, 3.63) is 23.8 Å². The second kappa shape index (κ2) is 6.65. The van der Waals surface area contributed by atoms with Gasteiger partial charge in [-0.2, -0.15) is 0 Å². The van der Waals surface area contributed by atoms with Gasteiger partial charge in [-0.05, 0) is 25.1 Å². The lowest BCUT2D eigenvalue weighted by atomic mass is 10.1. The quantitative estimate of drug-likeness (QED) is 0.362. The van der Waals surface area contributed by atoms with Crippen LogP contribution >= 0.6 is 0 Å². The highest BCUT2D eigenvalue weighted by molar-refractivity contribution is 6.00. The molecule has 1 aromatic carbocycles. The van der Waals surface area contributed by atoms with E-state index in [1.54, 1.807) is 32.2 Å². The van der Waals surface area contributed by atoms with E-state index in [4.69, 9.17) is 20.4 Å². The van der Waals surface area contributed by atoms with Gasteiger partial charge in [0.2, 0.25) is 0 Å². The molecule has 1 aromatic rings. The number of benzene rings is 1. The average Bonchev–Trinajstić information content (AvgIpc) is 2.50. The first-order chi connectivity index (χ1) is 9.46. The summed E-state index contributed by atoms with van der Waals surface area (Å²) >= 11 is 0. The lowest BCUT2D eigenvalue weighted by Crippen LogP contribution is -2.43. The zero-order valence-corrected chi connectivity index (χ0v) is 12.0. The van der Waals surface area contributed by atoms with Gasteiger partial charge >= 0.3 is 0 Å². The van der Waals surface area contributed by atoms with Crippen LogP contribution in [-0.4, -0.2) is 49.2 Å². The van der Waals surface area contributed by atoms with Crippen LogP contribution in [0.1, 0.15) is 17.3 Å². The van der Waals surface area contributed by atoms with Gasteiger partial charge in [-0.1, -0.05) is 5.16 Å². The van der Waals surface area contributed by atoms with Gasteiger partial charge in [0, 0.05) is 7.05 Å². The summed E-state index contributed by atoms with van der Waals surface area (Å²) in [6.07, 6.45) is 0. The normalized spacial score (nSPS) is 12.7. The Balaban J connectivity index is 3.13. The number of likely N-dealkylation sites (N-methyl/N-ethyl adjacent to an activating group) is 1. The number of ether oxygens (including phenoxy) is 2. The third kappa shape index (κ3) is 3.11. The molecule has 0 bridgehead atoms. The van der Waals surface area contributed by atoms with Crippen molar-refractivity contribution >= 4 is 11.7 Å². The molecular formula is C13H19N3O4. The maximum absolute atomic E-state index is 12.5. The van der Waals surface area contributed by atoms with Gasteiger partial charge in [0.15, 0.2) is 5.84 Å². The van der Waals surface area contributed by atoms with Gasteiger partial charge in [0.25, 0.3) is 5.91 Å². The Hall–Kier alpha value is -2.44. The summed E-state index contributed by atoms with van der Waals surface area (Å²) in [5.74, 6) is 0.593. The van der Waals surface area contributed by atoms with Gasteiger partial charge < -0.3 is 25.3 Å². The molecule has 1 atom stereocenters. The fourth-order valence-electron chi connectivity index (χ4n) is 1.63. The number of amidine groups is 1. The third-order valence-corrected chi connectivity index (χ3v) is 3.08. The zero-order valence-electron chi connectivity index (χ0n) is 12.0. The molecule has 1 unspecified atom stereocenters. The van der Waals surface area contributed by atoms with Gasteiger partial charge in [-0.25, -0.2) is 0 Å². The van der Waals surface area contributed by atoms with E-state index in [1.165, 1.54) is 19.1 Å². The summed E-state index contributed by atoms with van der Waals surface area (Å²) in [7, 11) is 4.55. The Morgan fingerprint density at radius 3 is 2.55 bits per heavy atom. The van der Waals surface area contributed by atoms with Crippen molar-refractivity contribution in [1.82, 2.24) is 4.90 Å². The van der Waals surface area contributed by atoms with E-state index in [9.17, 15) is 4.79 Å². The molecule has 1 rings (SSSR count). The summed E-state index contributed by atoms with van der Waals surface area (Å²) < 4.78 is 10.3. The summed E-state index contributed by atoms with van der Waals surface area (Å²) in [4.78, 5) is 13.8. The highest BCUT2D eigenvalue weighted by atomic mass is 16.5. The van der Waals surface area contributed by atoms with E-state index in [1.807, 2.05) is 0 Å². The molecule has 0 heterocycles. The standard InChI is InChI=1S/C13H19N3O4/c1-8(12(14)15-18)16(2)13(17)10-7-9(19-3)5-6-11(10)20-4/h5-8,18H,1-4H3,(H2,14,15). The topological polar surface area (TPSA) is 97.4 Å². The van der Waals surface area contributed by atoms with E-state index in [0.29, 0.717) is 17.1 Å². The summed E-state index contributed by atoms with van der Waals surface area (Å²) in [6, 6.07) is 4.37. The molecular weight excluding hydrogens is 262 g/mol. The molecule has 0 fully saturated rings. The fourth-order valence-corrected chi connectivity index (χ4v) is 1.63. The number of hydrogen-bond acceptors (Lipinski definition) is 5. The van der Waals surface area contributed by atoms with Crippen molar-refractivity contribution in [2.24, 2.45) is 10.9 Å². The number of amides is 1. The van der Waals surface area contributed by atoms with Crippen LogP contribution in [0.3, 0.4) is 0 Å². The van der Waals surface area contributed by atoms with Crippen LogP contribution in [0.15, 0.2) is 23.4 Å². The Morgan fingerprint density at radius 1 is 1.40 bits per heavy atom. The van der Waals surface area contributed by atoms with E-state index in [2.05, 4.69) is 5.16 Å². The van der Waals surface area contributed by atoms with Crippen molar-refractivity contribution in [1.29, 1.82) is 0 Å². The molecule has 0 aliphatic carbocycles. The minimum atomic E-state index is -0.552. The summed E-state index contributed by atoms with van der Waals surface area (Å²) in [6.45, 7) is 1.65. The molecule has 0 saturated carbocycles. The van der Waals surface area contributed by atoms with Crippen LogP contribution in [0, 0.1) is 0 Å². The van der Waals surface area contributed by atoms with Crippen LogP contribution in [0.2, 0.25) is 0 Å². The van der Waals surface area contributed by atoms with Gasteiger partial charge in [-0.3, -0.25) is 4.79 Å². The van der Waals surface area contributed by atoms with Crippen molar-refractivity contribution in [2.45, 2.75) is 13.0 Å². The van der Waals surface area contributed by atoms with Crippen molar-refractivity contribution in [2.75, 3.05) is 21.3 Å². The predicted octanol–water partition coefficient (Wildman–Crippen LogP) is 0.911. The first kappa shape index (κ1) is 15.6. The molecule has 1 amide bonds. The smallest absolute Gasteiger partial charge is 0.258 e. The van der Waals surface area contributed by atoms with Gasteiger partial charge in [0.05, 0.1) is 25.8 Å². The third-order valence-electron chi connectivity index (χ3n) is 3.08. The lowest BCUT2D eigenvalue weighted by Gasteiger charge is -2.24. The average molecular weight is 281 g/mol. The molecule has 7 heteroatoms. The molecule has 0 spiro atoms. The molecule has 7 nitrogen and oxygen atoms in total. The SMILES string of the molecule is COc1ccc(OC)c(C(=O)N(C)C(C)C(N)=NO)c1. The number of nitrogens with two attached hydrogens (primary N) is 1. The van der Waals surface area contributed by atoms with Crippen LogP contribution < -0.4 is 15.2 Å². The molecule has 0 aliphatic rings. The van der Waals surface area contributed by atoms with E-state index in [0.717, 1.165) is 0 Å². The molecule has 110 valence electrons. The van der Waals surface area contributed by atoms with Gasteiger partial charge in [-0.15, -0.1) is 0 Å². The zero-order chi connectivity index (χ0) is 15.3. The highest BCUT2D eigenvalue weighted by Gasteiger charge is 2.23. The first-order valence-corrected chi connectivity index (χ1v) is 5.92. The summed E-state index contributed by atoms with van der Waals surface area (Å²) in [5, 5.41) is 11.6. The Labute approximate surface area is 117 Å². The van der Waals surface area contributed by atoms with Crippen molar-refractivity contribution in [3.8, 4) is 11.5 Å². The number of hydrogen-bond donors (Lipinski definition) is 2. The maximum Gasteiger partial charge on any atom is 0.258 e. The number of methoxy groups -OCH3 is 2. The Morgan fingerprint density at radius 2 is 2.05 bits per heavy atom. The molecule has 3 N–H and O–H groups in total. The molecule has 0 saturated heterocycles. The summed E-state index contributed by atoms with van der Waals surface area (Å²) in [5.41, 5.74) is 5.85. The van der Waals surface area contributed by atoms with Crippen LogP contribution in [0.4, 0.5) is 0 Å². The van der Waals surface area contributed by atoms with Crippen LogP contribution in [0.25, 0.3) is 0 Å². The number of rotatable bonds is 5. The molecule has 0 aliphatic heterocycles. The lowest BCUT2D eigenvalue weighted by molar-refractivity contribution is 0.0772. The monoisotopic (exact) mass is 281 g/mol.